The first-order valence-electron chi connectivity index (χ1n) is 7.00. The monoisotopic (exact) mass is 266 g/mol. The van der Waals surface area contributed by atoms with Crippen molar-refractivity contribution in [1.82, 2.24) is 10.3 Å². The van der Waals surface area contributed by atoms with Crippen molar-refractivity contribution in [2.45, 2.75) is 51.3 Å². The van der Waals surface area contributed by atoms with Crippen molar-refractivity contribution in [2.24, 2.45) is 0 Å². The van der Waals surface area contributed by atoms with Gasteiger partial charge in [-0.15, -0.1) is 0 Å². The summed E-state index contributed by atoms with van der Waals surface area (Å²) in [6, 6.07) is 4.81. The summed E-state index contributed by atoms with van der Waals surface area (Å²) in [7, 11) is 0. The molecular weight excluding hydrogens is 240 g/mol. The normalized spacial score (nSPS) is 14.4. The molecule has 2 unspecified atom stereocenters. The fourth-order valence-electron chi connectivity index (χ4n) is 1.74. The molecule has 1 N–H and O–H groups in total. The summed E-state index contributed by atoms with van der Waals surface area (Å²) < 4.78 is 0. The summed E-state index contributed by atoms with van der Waals surface area (Å²) >= 11 is 2.08. The highest BCUT2D eigenvalue weighted by atomic mass is 32.2. The van der Waals surface area contributed by atoms with E-state index >= 15 is 0 Å². The predicted molar refractivity (Wildman–Crippen MR) is 82.2 cm³/mol. The van der Waals surface area contributed by atoms with Gasteiger partial charge in [-0.1, -0.05) is 20.8 Å². The van der Waals surface area contributed by atoms with E-state index in [0.717, 1.165) is 18.2 Å². The van der Waals surface area contributed by atoms with Crippen LogP contribution >= 0.6 is 11.8 Å². The van der Waals surface area contributed by atoms with E-state index in [-0.39, 0.29) is 0 Å². The molecule has 0 radical (unpaired) electrons. The maximum Gasteiger partial charge on any atom is 0.0270 e. The average molecular weight is 266 g/mol. The van der Waals surface area contributed by atoms with Crippen molar-refractivity contribution in [1.29, 1.82) is 0 Å². The minimum Gasteiger partial charge on any atom is -0.313 e. The Morgan fingerprint density at radius 3 is 2.61 bits per heavy atom. The summed E-state index contributed by atoms with van der Waals surface area (Å²) in [6.07, 6.45) is 7.31. The van der Waals surface area contributed by atoms with Gasteiger partial charge in [0.05, 0.1) is 0 Å². The fourth-order valence-corrected chi connectivity index (χ4v) is 2.77. The molecule has 0 bridgehead atoms. The number of nitrogens with one attached hydrogen (secondary N) is 1. The number of rotatable bonds is 9. The Morgan fingerprint density at radius 1 is 1.28 bits per heavy atom. The second-order valence-corrected chi connectivity index (χ2v) is 6.23. The van der Waals surface area contributed by atoms with E-state index in [0.29, 0.717) is 6.04 Å². The Kier molecular flexibility index (Phi) is 8.10. The van der Waals surface area contributed by atoms with Gasteiger partial charge in [0.15, 0.2) is 0 Å². The van der Waals surface area contributed by atoms with Gasteiger partial charge in [0, 0.05) is 29.4 Å². The zero-order valence-corrected chi connectivity index (χ0v) is 12.7. The molecule has 2 atom stereocenters. The highest BCUT2D eigenvalue weighted by Crippen LogP contribution is 2.16. The van der Waals surface area contributed by atoms with Crippen molar-refractivity contribution in [3.05, 3.63) is 30.1 Å². The average Bonchev–Trinajstić information content (AvgIpc) is 2.42. The number of pyridine rings is 1. The quantitative estimate of drug-likeness (QED) is 0.740. The molecule has 1 rings (SSSR count). The molecule has 102 valence electrons. The van der Waals surface area contributed by atoms with Crippen LogP contribution in [0.15, 0.2) is 24.5 Å². The summed E-state index contributed by atoms with van der Waals surface area (Å²) in [5, 5.41) is 4.41. The van der Waals surface area contributed by atoms with Crippen molar-refractivity contribution in [3.63, 3.8) is 0 Å². The minimum absolute atomic E-state index is 0.575. The van der Waals surface area contributed by atoms with Crippen molar-refractivity contribution in [2.75, 3.05) is 12.3 Å². The third kappa shape index (κ3) is 6.41. The van der Waals surface area contributed by atoms with E-state index < -0.39 is 0 Å². The highest BCUT2D eigenvalue weighted by molar-refractivity contribution is 7.99. The van der Waals surface area contributed by atoms with Crippen LogP contribution < -0.4 is 5.32 Å². The fraction of sp³-hybridized carbons (Fsp3) is 0.667. The number of thioether (sulfide) groups is 1. The molecule has 0 aromatic carbocycles. The molecular formula is C15H26N2S. The molecule has 0 aliphatic rings. The summed E-state index contributed by atoms with van der Waals surface area (Å²) in [4.78, 5) is 4.08. The zero-order valence-electron chi connectivity index (χ0n) is 11.9. The molecule has 1 heterocycles. The Labute approximate surface area is 116 Å². The largest absolute Gasteiger partial charge is 0.313 e. The maximum atomic E-state index is 4.08. The summed E-state index contributed by atoms with van der Waals surface area (Å²) in [5.74, 6) is 1.19. The van der Waals surface area contributed by atoms with Crippen LogP contribution in [-0.4, -0.2) is 28.6 Å². The van der Waals surface area contributed by atoms with Gasteiger partial charge in [-0.2, -0.15) is 11.8 Å². The van der Waals surface area contributed by atoms with Crippen LogP contribution in [0.3, 0.4) is 0 Å². The van der Waals surface area contributed by atoms with Crippen LogP contribution in [0.25, 0.3) is 0 Å². The van der Waals surface area contributed by atoms with Gasteiger partial charge in [0.2, 0.25) is 0 Å². The molecule has 0 aliphatic carbocycles. The van der Waals surface area contributed by atoms with Gasteiger partial charge >= 0.3 is 0 Å². The van der Waals surface area contributed by atoms with Crippen LogP contribution in [0.2, 0.25) is 0 Å². The first-order valence-corrected chi connectivity index (χ1v) is 8.05. The topological polar surface area (TPSA) is 24.9 Å². The van der Waals surface area contributed by atoms with Crippen LogP contribution in [0.1, 0.15) is 39.2 Å². The molecule has 1 aromatic heterocycles. The molecule has 3 heteroatoms. The molecule has 0 fully saturated rings. The lowest BCUT2D eigenvalue weighted by Gasteiger charge is -2.20. The Hall–Kier alpha value is -0.540. The Morgan fingerprint density at radius 2 is 2.00 bits per heavy atom. The first kappa shape index (κ1) is 15.5. The van der Waals surface area contributed by atoms with Gasteiger partial charge in [-0.3, -0.25) is 4.98 Å². The number of hydrogen-bond donors (Lipinski definition) is 1. The molecule has 0 saturated carbocycles. The minimum atomic E-state index is 0.575. The molecule has 0 amide bonds. The SMILES string of the molecule is CCCNC(CSC(C)CC)Cc1ccncc1. The molecule has 1 aromatic rings. The molecule has 0 aliphatic heterocycles. The zero-order chi connectivity index (χ0) is 13.2. The van der Waals surface area contributed by atoms with E-state index in [9.17, 15) is 0 Å². The van der Waals surface area contributed by atoms with Crippen molar-refractivity contribution < 1.29 is 0 Å². The van der Waals surface area contributed by atoms with E-state index in [1.165, 1.54) is 24.2 Å². The van der Waals surface area contributed by atoms with E-state index in [1.54, 1.807) is 0 Å². The van der Waals surface area contributed by atoms with E-state index in [2.05, 4.69) is 55.0 Å². The van der Waals surface area contributed by atoms with Gasteiger partial charge < -0.3 is 5.32 Å². The standard InChI is InChI=1S/C15H26N2S/c1-4-8-17-15(12-18-13(3)5-2)11-14-6-9-16-10-7-14/h6-7,9-10,13,15,17H,4-5,8,11-12H2,1-3H3. The third-order valence-corrected chi connectivity index (χ3v) is 4.57. The lowest BCUT2D eigenvalue weighted by atomic mass is 10.1. The summed E-state index contributed by atoms with van der Waals surface area (Å²) in [5.41, 5.74) is 1.38. The second-order valence-electron chi connectivity index (χ2n) is 4.76. The van der Waals surface area contributed by atoms with Crippen LogP contribution in [0.4, 0.5) is 0 Å². The number of aromatic nitrogens is 1. The predicted octanol–water partition coefficient (Wildman–Crippen LogP) is 3.52. The van der Waals surface area contributed by atoms with Gasteiger partial charge in [-0.05, 0) is 43.5 Å². The first-order chi connectivity index (χ1) is 8.76. The summed E-state index contributed by atoms with van der Waals surface area (Å²) in [6.45, 7) is 7.90. The van der Waals surface area contributed by atoms with Gasteiger partial charge in [0.25, 0.3) is 0 Å². The lowest BCUT2D eigenvalue weighted by molar-refractivity contribution is 0.549. The highest BCUT2D eigenvalue weighted by Gasteiger charge is 2.10. The third-order valence-electron chi connectivity index (χ3n) is 3.07. The van der Waals surface area contributed by atoms with Gasteiger partial charge in [-0.25, -0.2) is 0 Å². The Balaban J connectivity index is 2.44. The van der Waals surface area contributed by atoms with Gasteiger partial charge in [0.1, 0.15) is 0 Å². The maximum absolute atomic E-state index is 4.08. The van der Waals surface area contributed by atoms with Crippen molar-refractivity contribution >= 4 is 11.8 Å². The Bertz CT molecular complexity index is 303. The second kappa shape index (κ2) is 9.40. The van der Waals surface area contributed by atoms with Crippen LogP contribution in [-0.2, 0) is 6.42 Å². The molecule has 18 heavy (non-hydrogen) atoms. The molecule has 0 saturated heterocycles. The molecule has 0 spiro atoms. The van der Waals surface area contributed by atoms with Crippen LogP contribution in [0.5, 0.6) is 0 Å². The lowest BCUT2D eigenvalue weighted by Crippen LogP contribution is -2.34. The van der Waals surface area contributed by atoms with Crippen molar-refractivity contribution in [3.8, 4) is 0 Å². The number of nitrogens with zero attached hydrogens (tertiary/aromatic N) is 1. The van der Waals surface area contributed by atoms with E-state index in [1.807, 2.05) is 12.4 Å². The molecule has 2 nitrogen and oxygen atoms in total. The van der Waals surface area contributed by atoms with Crippen LogP contribution in [0, 0.1) is 0 Å². The smallest absolute Gasteiger partial charge is 0.0270 e. The number of hydrogen-bond acceptors (Lipinski definition) is 3. The van der Waals surface area contributed by atoms with E-state index in [4.69, 9.17) is 0 Å².